The van der Waals surface area contributed by atoms with E-state index in [-0.39, 0.29) is 5.69 Å². The molecule has 0 fully saturated rings. The largest absolute Gasteiger partial charge is 0.464 e. The van der Waals surface area contributed by atoms with Crippen LogP contribution in [0, 0.1) is 0 Å². The molecule has 14 heavy (non-hydrogen) atoms. The van der Waals surface area contributed by atoms with Crippen molar-refractivity contribution in [3.05, 3.63) is 29.6 Å². The van der Waals surface area contributed by atoms with Crippen molar-refractivity contribution in [1.82, 2.24) is 4.98 Å². The lowest BCUT2D eigenvalue weighted by molar-refractivity contribution is 0.0595. The highest BCUT2D eigenvalue weighted by molar-refractivity contribution is 7.13. The van der Waals surface area contributed by atoms with Gasteiger partial charge < -0.3 is 9.15 Å². The Labute approximate surface area is 84.1 Å². The number of aromatic nitrogens is 1. The normalized spacial score (nSPS) is 10.1. The highest BCUT2D eigenvalue weighted by atomic mass is 32.1. The summed E-state index contributed by atoms with van der Waals surface area (Å²) in [5.74, 6) is -0.0194. The Balaban J connectivity index is 2.45. The number of carbonyl (C=O) groups excluding carboxylic acids is 1. The Morgan fingerprint density at radius 2 is 2.50 bits per heavy atom. The molecule has 0 saturated carbocycles. The number of thiophene rings is 1. The molecule has 0 bridgehead atoms. The second-order valence-corrected chi connectivity index (χ2v) is 3.45. The summed E-state index contributed by atoms with van der Waals surface area (Å²) in [6.07, 6.45) is 1.24. The summed E-state index contributed by atoms with van der Waals surface area (Å²) >= 11 is 1.48. The van der Waals surface area contributed by atoms with E-state index in [2.05, 4.69) is 9.72 Å². The summed E-state index contributed by atoms with van der Waals surface area (Å²) in [5.41, 5.74) is 0.218. The van der Waals surface area contributed by atoms with Crippen LogP contribution in [0.15, 0.2) is 28.3 Å². The SMILES string of the molecule is COC(=O)c1ncoc1-c1cccs1. The number of carbonyl (C=O) groups is 1. The van der Waals surface area contributed by atoms with Gasteiger partial charge >= 0.3 is 5.97 Å². The average molecular weight is 209 g/mol. The summed E-state index contributed by atoms with van der Waals surface area (Å²) in [7, 11) is 1.31. The Morgan fingerprint density at radius 1 is 1.64 bits per heavy atom. The molecule has 2 heterocycles. The van der Waals surface area contributed by atoms with E-state index >= 15 is 0 Å². The number of esters is 1. The summed E-state index contributed by atoms with van der Waals surface area (Å²) in [6.45, 7) is 0. The first-order valence-corrected chi connectivity index (χ1v) is 4.76. The van der Waals surface area contributed by atoms with Crippen molar-refractivity contribution in [1.29, 1.82) is 0 Å². The van der Waals surface area contributed by atoms with E-state index in [1.54, 1.807) is 0 Å². The third-order valence-electron chi connectivity index (χ3n) is 1.69. The minimum absolute atomic E-state index is 0.218. The van der Waals surface area contributed by atoms with Crippen LogP contribution in [0.4, 0.5) is 0 Å². The van der Waals surface area contributed by atoms with Gasteiger partial charge in [0, 0.05) is 0 Å². The predicted molar refractivity (Wildman–Crippen MR) is 51.2 cm³/mol. The monoisotopic (exact) mass is 209 g/mol. The quantitative estimate of drug-likeness (QED) is 0.711. The minimum Gasteiger partial charge on any atom is -0.464 e. The first kappa shape index (κ1) is 8.96. The molecule has 4 nitrogen and oxygen atoms in total. The minimum atomic E-state index is -0.484. The third kappa shape index (κ3) is 1.42. The van der Waals surface area contributed by atoms with E-state index in [0.717, 1.165) is 4.88 Å². The fourth-order valence-electron chi connectivity index (χ4n) is 1.07. The second-order valence-electron chi connectivity index (χ2n) is 2.50. The first-order chi connectivity index (χ1) is 6.83. The summed E-state index contributed by atoms with van der Waals surface area (Å²) in [4.78, 5) is 15.9. The van der Waals surface area contributed by atoms with Gasteiger partial charge in [-0.25, -0.2) is 9.78 Å². The fourth-order valence-corrected chi connectivity index (χ4v) is 1.78. The van der Waals surface area contributed by atoms with Crippen molar-refractivity contribution >= 4 is 17.3 Å². The molecule has 2 aromatic heterocycles. The highest BCUT2D eigenvalue weighted by Gasteiger charge is 2.18. The molecule has 0 unspecified atom stereocenters. The molecule has 0 atom stereocenters. The number of rotatable bonds is 2. The van der Waals surface area contributed by atoms with Gasteiger partial charge in [-0.15, -0.1) is 11.3 Å². The molecule has 0 saturated heterocycles. The maximum Gasteiger partial charge on any atom is 0.360 e. The molecule has 0 aliphatic heterocycles. The molecule has 0 aliphatic carbocycles. The van der Waals surface area contributed by atoms with Crippen LogP contribution < -0.4 is 0 Å². The van der Waals surface area contributed by atoms with Gasteiger partial charge in [0.15, 0.2) is 17.8 Å². The maximum atomic E-state index is 11.3. The number of methoxy groups -OCH3 is 1. The molecule has 72 valence electrons. The van der Waals surface area contributed by atoms with Gasteiger partial charge in [-0.1, -0.05) is 6.07 Å². The smallest absolute Gasteiger partial charge is 0.360 e. The zero-order valence-electron chi connectivity index (χ0n) is 7.39. The van der Waals surface area contributed by atoms with Gasteiger partial charge in [0.2, 0.25) is 0 Å². The molecule has 5 heteroatoms. The number of ether oxygens (including phenoxy) is 1. The Kier molecular flexibility index (Phi) is 2.32. The summed E-state index contributed by atoms with van der Waals surface area (Å²) in [5, 5.41) is 1.90. The number of hydrogen-bond donors (Lipinski definition) is 0. The summed E-state index contributed by atoms with van der Waals surface area (Å²) in [6, 6.07) is 3.74. The van der Waals surface area contributed by atoms with Gasteiger partial charge in [-0.2, -0.15) is 0 Å². The van der Waals surface area contributed by atoms with Crippen LogP contribution in [-0.4, -0.2) is 18.1 Å². The Bertz CT molecular complexity index is 433. The molecule has 0 spiro atoms. The predicted octanol–water partition coefficient (Wildman–Crippen LogP) is 2.19. The van der Waals surface area contributed by atoms with E-state index in [9.17, 15) is 4.79 Å². The van der Waals surface area contributed by atoms with E-state index in [0.29, 0.717) is 5.76 Å². The molecule has 0 aromatic carbocycles. The van der Waals surface area contributed by atoms with Crippen molar-refractivity contribution in [2.45, 2.75) is 0 Å². The van der Waals surface area contributed by atoms with E-state index < -0.39 is 5.97 Å². The molecule has 2 rings (SSSR count). The van der Waals surface area contributed by atoms with E-state index in [4.69, 9.17) is 4.42 Å². The van der Waals surface area contributed by atoms with Crippen LogP contribution in [0.25, 0.3) is 10.6 Å². The molecule has 0 N–H and O–H groups in total. The molecule has 0 radical (unpaired) electrons. The number of nitrogens with zero attached hydrogens (tertiary/aromatic N) is 1. The fraction of sp³-hybridized carbons (Fsp3) is 0.111. The summed E-state index contributed by atoms with van der Waals surface area (Å²) < 4.78 is 9.71. The van der Waals surface area contributed by atoms with Gasteiger partial charge in [0.05, 0.1) is 12.0 Å². The van der Waals surface area contributed by atoms with Crippen LogP contribution >= 0.6 is 11.3 Å². The van der Waals surface area contributed by atoms with Crippen LogP contribution in [0.5, 0.6) is 0 Å². The van der Waals surface area contributed by atoms with Crippen molar-refractivity contribution in [3.63, 3.8) is 0 Å². The van der Waals surface area contributed by atoms with Gasteiger partial charge in [0.1, 0.15) is 0 Å². The van der Waals surface area contributed by atoms with Crippen molar-refractivity contribution < 1.29 is 13.9 Å². The lowest BCUT2D eigenvalue weighted by Crippen LogP contribution is -2.02. The van der Waals surface area contributed by atoms with Crippen molar-refractivity contribution in [2.24, 2.45) is 0 Å². The molecule has 0 amide bonds. The van der Waals surface area contributed by atoms with Gasteiger partial charge in [-0.3, -0.25) is 0 Å². The van der Waals surface area contributed by atoms with Crippen LogP contribution in [-0.2, 0) is 4.74 Å². The zero-order valence-corrected chi connectivity index (χ0v) is 8.21. The van der Waals surface area contributed by atoms with Crippen LogP contribution in [0.2, 0.25) is 0 Å². The second kappa shape index (κ2) is 3.63. The number of hydrogen-bond acceptors (Lipinski definition) is 5. The van der Waals surface area contributed by atoms with E-state index in [1.807, 2.05) is 17.5 Å². The van der Waals surface area contributed by atoms with Gasteiger partial charge in [-0.05, 0) is 11.4 Å². The van der Waals surface area contributed by atoms with Crippen LogP contribution in [0.3, 0.4) is 0 Å². The Hall–Kier alpha value is -1.62. The first-order valence-electron chi connectivity index (χ1n) is 3.88. The average Bonchev–Trinajstić information content (AvgIpc) is 2.85. The molecule has 2 aromatic rings. The molecular weight excluding hydrogens is 202 g/mol. The standard InChI is InChI=1S/C9H7NO3S/c1-12-9(11)7-8(13-5-10-7)6-3-2-4-14-6/h2-5H,1H3. The topological polar surface area (TPSA) is 52.3 Å². The van der Waals surface area contributed by atoms with Gasteiger partial charge in [0.25, 0.3) is 0 Å². The molecule has 0 aliphatic rings. The molecular formula is C9H7NO3S. The number of oxazole rings is 1. The van der Waals surface area contributed by atoms with E-state index in [1.165, 1.54) is 24.8 Å². The van der Waals surface area contributed by atoms with Crippen LogP contribution in [0.1, 0.15) is 10.5 Å². The Morgan fingerprint density at radius 3 is 3.14 bits per heavy atom. The lowest BCUT2D eigenvalue weighted by Gasteiger charge is -1.95. The highest BCUT2D eigenvalue weighted by Crippen LogP contribution is 2.27. The van der Waals surface area contributed by atoms with Crippen molar-refractivity contribution in [3.8, 4) is 10.6 Å². The van der Waals surface area contributed by atoms with Crippen molar-refractivity contribution in [2.75, 3.05) is 7.11 Å². The zero-order chi connectivity index (χ0) is 9.97. The third-order valence-corrected chi connectivity index (χ3v) is 2.56. The maximum absolute atomic E-state index is 11.3. The lowest BCUT2D eigenvalue weighted by atomic mass is 10.3.